The second-order valence-electron chi connectivity index (χ2n) is 11.0. The van der Waals surface area contributed by atoms with Gasteiger partial charge in [0.05, 0.1) is 40.3 Å². The van der Waals surface area contributed by atoms with E-state index in [4.69, 9.17) is 4.74 Å². The number of anilines is 3. The third-order valence-corrected chi connectivity index (χ3v) is 10.5. The largest absolute Gasteiger partial charge is 0.408 e. The Balaban J connectivity index is 1.35. The number of piperidine rings is 1. The Labute approximate surface area is 255 Å². The molecule has 0 aliphatic carbocycles. The maximum Gasteiger partial charge on any atom is 0.408 e. The van der Waals surface area contributed by atoms with E-state index < -0.39 is 40.7 Å². The SMILES string of the molecule is Cc1nc(Nc2cccc(N3CCCCC3=O)n2)sc1-c1cc2c(c(S(=O)(=O)NC3COC3)c1)C(=O)N(C(C)C(F)(F)F)C2. The minimum Gasteiger partial charge on any atom is -0.378 e. The summed E-state index contributed by atoms with van der Waals surface area (Å²) < 4.78 is 75.4. The molecule has 44 heavy (non-hydrogen) atoms. The maximum atomic E-state index is 13.6. The molecular weight excluding hydrogens is 621 g/mol. The topological polar surface area (TPSA) is 134 Å². The number of sulfonamides is 1. The number of aromatic nitrogens is 2. The van der Waals surface area contributed by atoms with Gasteiger partial charge in [-0.05, 0) is 62.1 Å². The summed E-state index contributed by atoms with van der Waals surface area (Å²) in [5.41, 5.74) is 0.836. The third kappa shape index (κ3) is 5.78. The van der Waals surface area contributed by atoms with Gasteiger partial charge in [0.1, 0.15) is 17.7 Å². The number of fused-ring (bicyclic) bond motifs is 1. The molecule has 3 aromatic rings. The molecule has 2 amide bonds. The highest BCUT2D eigenvalue weighted by molar-refractivity contribution is 7.89. The number of nitrogens with zero attached hydrogens (tertiary/aromatic N) is 4. The van der Waals surface area contributed by atoms with E-state index in [2.05, 4.69) is 20.0 Å². The van der Waals surface area contributed by atoms with E-state index >= 15 is 0 Å². The summed E-state index contributed by atoms with van der Waals surface area (Å²) in [5.74, 6) is -0.0131. The zero-order valence-corrected chi connectivity index (χ0v) is 25.4. The maximum absolute atomic E-state index is 13.6. The average molecular weight is 651 g/mol. The van der Waals surface area contributed by atoms with E-state index in [0.29, 0.717) is 50.8 Å². The van der Waals surface area contributed by atoms with E-state index in [1.54, 1.807) is 36.1 Å². The molecule has 3 aliphatic rings. The Kier molecular flexibility index (Phi) is 7.88. The molecule has 3 aliphatic heterocycles. The highest BCUT2D eigenvalue weighted by Crippen LogP contribution is 2.41. The van der Waals surface area contributed by atoms with Crippen molar-refractivity contribution in [2.45, 2.75) is 62.8 Å². The molecule has 11 nitrogen and oxygen atoms in total. The highest BCUT2D eigenvalue weighted by atomic mass is 32.2. The van der Waals surface area contributed by atoms with Gasteiger partial charge in [-0.3, -0.25) is 14.5 Å². The molecule has 16 heteroatoms. The molecule has 0 radical (unpaired) electrons. The number of benzene rings is 1. The Morgan fingerprint density at radius 1 is 1.14 bits per heavy atom. The summed E-state index contributed by atoms with van der Waals surface area (Å²) in [6, 6.07) is 5.50. The van der Waals surface area contributed by atoms with Crippen LogP contribution in [0.4, 0.5) is 29.9 Å². The van der Waals surface area contributed by atoms with Crippen LogP contribution in [0, 0.1) is 6.92 Å². The van der Waals surface area contributed by atoms with Gasteiger partial charge in [0.25, 0.3) is 5.91 Å². The molecule has 5 heterocycles. The molecule has 2 fully saturated rings. The number of aryl methyl sites for hydroxylation is 1. The monoisotopic (exact) mass is 650 g/mol. The fourth-order valence-corrected chi connectivity index (χ4v) is 7.81. The fourth-order valence-electron chi connectivity index (χ4n) is 5.38. The first-order valence-corrected chi connectivity index (χ1v) is 16.3. The molecule has 234 valence electrons. The number of hydrogen-bond donors (Lipinski definition) is 2. The number of halogens is 3. The van der Waals surface area contributed by atoms with Crippen LogP contribution in [0.3, 0.4) is 0 Å². The zero-order chi connectivity index (χ0) is 31.4. The number of ether oxygens (including phenoxy) is 1. The van der Waals surface area contributed by atoms with Crippen molar-refractivity contribution < 1.29 is 35.9 Å². The van der Waals surface area contributed by atoms with Gasteiger partial charge in [0.2, 0.25) is 15.9 Å². The summed E-state index contributed by atoms with van der Waals surface area (Å²) in [6.07, 6.45) is -2.49. The predicted octanol–water partition coefficient (Wildman–Crippen LogP) is 4.36. The van der Waals surface area contributed by atoms with Crippen LogP contribution in [0.1, 0.15) is 47.8 Å². The number of carbonyl (C=O) groups excluding carboxylic acids is 2. The van der Waals surface area contributed by atoms with Gasteiger partial charge in [-0.1, -0.05) is 17.4 Å². The van der Waals surface area contributed by atoms with Gasteiger partial charge in [0, 0.05) is 19.5 Å². The van der Waals surface area contributed by atoms with Crippen molar-refractivity contribution in [3.63, 3.8) is 0 Å². The van der Waals surface area contributed by atoms with Crippen molar-refractivity contribution in [2.75, 3.05) is 30.0 Å². The van der Waals surface area contributed by atoms with E-state index in [1.165, 1.54) is 17.4 Å². The van der Waals surface area contributed by atoms with Crippen molar-refractivity contribution in [3.8, 4) is 10.4 Å². The van der Waals surface area contributed by atoms with Crippen molar-refractivity contribution in [1.82, 2.24) is 19.6 Å². The second kappa shape index (κ2) is 11.4. The summed E-state index contributed by atoms with van der Waals surface area (Å²) in [6.45, 7) is 3.09. The summed E-state index contributed by atoms with van der Waals surface area (Å²) >= 11 is 1.20. The number of amides is 2. The van der Waals surface area contributed by atoms with Crippen molar-refractivity contribution in [3.05, 3.63) is 47.2 Å². The molecule has 1 unspecified atom stereocenters. The lowest BCUT2D eigenvalue weighted by Crippen LogP contribution is -2.48. The normalized spacial score (nSPS) is 18.4. The first-order chi connectivity index (χ1) is 20.8. The molecule has 1 atom stereocenters. The Morgan fingerprint density at radius 2 is 1.91 bits per heavy atom. The van der Waals surface area contributed by atoms with Crippen LogP contribution in [0.5, 0.6) is 0 Å². The van der Waals surface area contributed by atoms with E-state index in [9.17, 15) is 31.2 Å². The summed E-state index contributed by atoms with van der Waals surface area (Å²) in [5, 5.41) is 3.58. The molecule has 1 aromatic carbocycles. The van der Waals surface area contributed by atoms with Crippen LogP contribution < -0.4 is 14.9 Å². The smallest absolute Gasteiger partial charge is 0.378 e. The summed E-state index contributed by atoms with van der Waals surface area (Å²) in [4.78, 5) is 37.2. The molecule has 0 saturated carbocycles. The minimum atomic E-state index is -4.69. The summed E-state index contributed by atoms with van der Waals surface area (Å²) in [7, 11) is -4.30. The van der Waals surface area contributed by atoms with Crippen LogP contribution in [-0.4, -0.2) is 73.1 Å². The van der Waals surface area contributed by atoms with Gasteiger partial charge in [0.15, 0.2) is 5.13 Å². The standard InChI is InChI=1S/C28H29F3N6O5S2/c1-15-25(43-27(32-15)34-21-6-5-7-22(33-21)36-9-4-3-8-23(36)38)17-10-18-12-37(16(2)28(29,30)31)26(39)24(18)20(11-17)44(40,41)35-19-13-42-14-19/h5-7,10-11,16,19,35H,3-4,8-9,12-14H2,1-2H3,(H,32,33,34). The number of alkyl halides is 3. The Bertz CT molecular complexity index is 1740. The number of carbonyl (C=O) groups is 2. The van der Waals surface area contributed by atoms with Gasteiger partial charge >= 0.3 is 6.18 Å². The van der Waals surface area contributed by atoms with Crippen LogP contribution in [0.25, 0.3) is 10.4 Å². The lowest BCUT2D eigenvalue weighted by atomic mass is 10.0. The molecule has 2 N–H and O–H groups in total. The van der Waals surface area contributed by atoms with Crippen molar-refractivity contribution in [2.24, 2.45) is 0 Å². The van der Waals surface area contributed by atoms with Crippen LogP contribution in [-0.2, 0) is 26.1 Å². The van der Waals surface area contributed by atoms with Crippen LogP contribution in [0.2, 0.25) is 0 Å². The molecular formula is C28H29F3N6O5S2. The average Bonchev–Trinajstić information content (AvgIpc) is 3.48. The first-order valence-electron chi connectivity index (χ1n) is 14.0. The lowest BCUT2D eigenvalue weighted by Gasteiger charge is -2.27. The number of rotatable bonds is 8. The van der Waals surface area contributed by atoms with Crippen LogP contribution >= 0.6 is 11.3 Å². The zero-order valence-electron chi connectivity index (χ0n) is 23.8. The van der Waals surface area contributed by atoms with Crippen molar-refractivity contribution in [1.29, 1.82) is 0 Å². The number of thiazole rings is 1. The van der Waals surface area contributed by atoms with Crippen molar-refractivity contribution >= 4 is 49.9 Å². The fraction of sp³-hybridized carbons (Fsp3) is 0.429. The van der Waals surface area contributed by atoms with E-state index in [1.807, 2.05) is 0 Å². The molecule has 2 saturated heterocycles. The van der Waals surface area contributed by atoms with E-state index in [0.717, 1.165) is 19.8 Å². The van der Waals surface area contributed by atoms with Crippen LogP contribution in [0.15, 0.2) is 35.2 Å². The predicted molar refractivity (Wildman–Crippen MR) is 156 cm³/mol. The van der Waals surface area contributed by atoms with Gasteiger partial charge in [-0.25, -0.2) is 23.1 Å². The molecule has 6 rings (SSSR count). The number of hydrogen-bond acceptors (Lipinski definition) is 9. The van der Waals surface area contributed by atoms with Gasteiger partial charge in [-0.2, -0.15) is 13.2 Å². The highest BCUT2D eigenvalue weighted by Gasteiger charge is 2.47. The van der Waals surface area contributed by atoms with Gasteiger partial charge < -0.3 is 15.0 Å². The lowest BCUT2D eigenvalue weighted by molar-refractivity contribution is -0.172. The molecule has 0 bridgehead atoms. The number of nitrogens with one attached hydrogen (secondary N) is 2. The quantitative estimate of drug-likeness (QED) is 0.368. The second-order valence-corrected chi connectivity index (χ2v) is 13.6. The van der Waals surface area contributed by atoms with E-state index in [-0.39, 0.29) is 35.1 Å². The first kappa shape index (κ1) is 30.4. The minimum absolute atomic E-state index is 0.0108. The molecule has 2 aromatic heterocycles. The Morgan fingerprint density at radius 3 is 2.59 bits per heavy atom. The number of pyridine rings is 1. The van der Waals surface area contributed by atoms with Gasteiger partial charge in [-0.15, -0.1) is 0 Å². The molecule has 0 spiro atoms. The third-order valence-electron chi connectivity index (χ3n) is 7.82. The Hall–Kier alpha value is -3.60.